The zero-order chi connectivity index (χ0) is 12.1. The zero-order valence-electron chi connectivity index (χ0n) is 10.1. The molecule has 4 nitrogen and oxygen atoms in total. The molecular formula is C13H21N3O. The number of benzene rings is 1. The molecule has 0 saturated heterocycles. The van der Waals surface area contributed by atoms with E-state index in [0.717, 1.165) is 38.3 Å². The van der Waals surface area contributed by atoms with Crippen LogP contribution >= 0.6 is 0 Å². The minimum absolute atomic E-state index is 0.0379. The molecule has 1 aromatic carbocycles. The lowest BCUT2D eigenvalue weighted by Crippen LogP contribution is -2.39. The zero-order valence-corrected chi connectivity index (χ0v) is 10.1. The highest BCUT2D eigenvalue weighted by Crippen LogP contribution is 2.25. The van der Waals surface area contributed by atoms with Gasteiger partial charge in [-0.3, -0.25) is 0 Å². The third kappa shape index (κ3) is 3.43. The lowest BCUT2D eigenvalue weighted by Gasteiger charge is -2.18. The molecule has 0 radical (unpaired) electrons. The van der Waals surface area contributed by atoms with E-state index in [1.165, 1.54) is 11.1 Å². The molecule has 1 heterocycles. The summed E-state index contributed by atoms with van der Waals surface area (Å²) in [5, 5.41) is 3.31. The maximum Gasteiger partial charge on any atom is 0.122 e. The lowest BCUT2D eigenvalue weighted by molar-refractivity contribution is 0.288. The number of ether oxygens (including phenoxy) is 1. The summed E-state index contributed by atoms with van der Waals surface area (Å²) >= 11 is 0. The molecule has 0 aromatic heterocycles. The van der Waals surface area contributed by atoms with E-state index in [0.29, 0.717) is 6.54 Å². The van der Waals surface area contributed by atoms with E-state index in [9.17, 15) is 0 Å². The summed E-state index contributed by atoms with van der Waals surface area (Å²) in [5.74, 6) is 1.04. The molecule has 2 rings (SSSR count). The standard InChI is InChI=1S/C13H21N3O/c14-7-12(15)9-16-8-10-3-4-13-11(6-10)2-1-5-17-13/h3-4,6,12,16H,1-2,5,7-9,14-15H2. The monoisotopic (exact) mass is 235 g/mol. The van der Waals surface area contributed by atoms with E-state index in [-0.39, 0.29) is 6.04 Å². The maximum atomic E-state index is 5.74. The second-order valence-electron chi connectivity index (χ2n) is 4.52. The van der Waals surface area contributed by atoms with Gasteiger partial charge < -0.3 is 21.5 Å². The van der Waals surface area contributed by atoms with Crippen LogP contribution in [-0.4, -0.2) is 25.7 Å². The summed E-state index contributed by atoms with van der Waals surface area (Å²) in [7, 11) is 0. The number of aryl methyl sites for hydroxylation is 1. The van der Waals surface area contributed by atoms with Crippen LogP contribution in [0.25, 0.3) is 0 Å². The van der Waals surface area contributed by atoms with Gasteiger partial charge in [-0.1, -0.05) is 12.1 Å². The predicted molar refractivity (Wildman–Crippen MR) is 69.0 cm³/mol. The Morgan fingerprint density at radius 1 is 1.41 bits per heavy atom. The normalized spacial score (nSPS) is 16.1. The first-order valence-corrected chi connectivity index (χ1v) is 6.20. The van der Waals surface area contributed by atoms with Crippen molar-refractivity contribution >= 4 is 0 Å². The number of fused-ring (bicyclic) bond motifs is 1. The molecule has 1 unspecified atom stereocenters. The van der Waals surface area contributed by atoms with Gasteiger partial charge in [0.2, 0.25) is 0 Å². The van der Waals surface area contributed by atoms with Crippen LogP contribution < -0.4 is 21.5 Å². The third-order valence-electron chi connectivity index (χ3n) is 3.01. The molecule has 1 atom stereocenters. The van der Waals surface area contributed by atoms with E-state index in [1.807, 2.05) is 0 Å². The Morgan fingerprint density at radius 2 is 2.29 bits per heavy atom. The molecule has 0 spiro atoms. The Labute approximate surface area is 102 Å². The van der Waals surface area contributed by atoms with Crippen molar-refractivity contribution < 1.29 is 4.74 Å². The van der Waals surface area contributed by atoms with Gasteiger partial charge in [0.1, 0.15) is 5.75 Å². The second-order valence-corrected chi connectivity index (χ2v) is 4.52. The van der Waals surface area contributed by atoms with Gasteiger partial charge in [-0.2, -0.15) is 0 Å². The fourth-order valence-corrected chi connectivity index (χ4v) is 2.01. The molecule has 0 fully saturated rings. The van der Waals surface area contributed by atoms with Gasteiger partial charge in [0.15, 0.2) is 0 Å². The summed E-state index contributed by atoms with van der Waals surface area (Å²) in [6.45, 7) is 2.95. The molecule has 1 aliphatic heterocycles. The van der Waals surface area contributed by atoms with Crippen molar-refractivity contribution in [2.75, 3.05) is 19.7 Å². The summed E-state index contributed by atoms with van der Waals surface area (Å²) < 4.78 is 5.58. The number of rotatable bonds is 5. The van der Waals surface area contributed by atoms with Crippen LogP contribution in [0.2, 0.25) is 0 Å². The second kappa shape index (κ2) is 6.00. The SMILES string of the molecule is NCC(N)CNCc1ccc2c(c1)CCCO2. The molecule has 94 valence electrons. The summed E-state index contributed by atoms with van der Waals surface area (Å²) in [4.78, 5) is 0. The molecule has 0 saturated carbocycles. The molecule has 17 heavy (non-hydrogen) atoms. The predicted octanol–water partition coefficient (Wildman–Crippen LogP) is 0.387. The van der Waals surface area contributed by atoms with Crippen LogP contribution in [0.15, 0.2) is 18.2 Å². The molecular weight excluding hydrogens is 214 g/mol. The summed E-state index contributed by atoms with van der Waals surface area (Å²) in [6, 6.07) is 6.42. The number of nitrogens with two attached hydrogens (primary N) is 2. The van der Waals surface area contributed by atoms with Gasteiger partial charge in [-0.25, -0.2) is 0 Å². The highest BCUT2D eigenvalue weighted by molar-refractivity contribution is 5.38. The van der Waals surface area contributed by atoms with Gasteiger partial charge in [0.25, 0.3) is 0 Å². The van der Waals surface area contributed by atoms with Gasteiger partial charge >= 0.3 is 0 Å². The average Bonchev–Trinajstić information content (AvgIpc) is 2.38. The van der Waals surface area contributed by atoms with Crippen molar-refractivity contribution in [3.8, 4) is 5.75 Å². The Bertz CT molecular complexity index is 368. The van der Waals surface area contributed by atoms with Crippen LogP contribution in [0, 0.1) is 0 Å². The average molecular weight is 235 g/mol. The smallest absolute Gasteiger partial charge is 0.122 e. The van der Waals surface area contributed by atoms with Crippen LogP contribution in [0.3, 0.4) is 0 Å². The number of hydrogen-bond donors (Lipinski definition) is 3. The lowest BCUT2D eigenvalue weighted by atomic mass is 10.0. The van der Waals surface area contributed by atoms with E-state index >= 15 is 0 Å². The van der Waals surface area contributed by atoms with Crippen LogP contribution in [0.1, 0.15) is 17.5 Å². The van der Waals surface area contributed by atoms with E-state index in [4.69, 9.17) is 16.2 Å². The first kappa shape index (κ1) is 12.4. The van der Waals surface area contributed by atoms with Gasteiger partial charge in [-0.05, 0) is 30.0 Å². The first-order valence-electron chi connectivity index (χ1n) is 6.20. The molecule has 0 bridgehead atoms. The van der Waals surface area contributed by atoms with Gasteiger partial charge in [-0.15, -0.1) is 0 Å². The van der Waals surface area contributed by atoms with Crippen LogP contribution in [0.4, 0.5) is 0 Å². The maximum absolute atomic E-state index is 5.74. The number of nitrogens with one attached hydrogen (secondary N) is 1. The Morgan fingerprint density at radius 3 is 3.12 bits per heavy atom. The molecule has 0 aliphatic carbocycles. The minimum Gasteiger partial charge on any atom is -0.493 e. The van der Waals surface area contributed by atoms with E-state index in [1.54, 1.807) is 0 Å². The Kier molecular flexibility index (Phi) is 4.36. The Hall–Kier alpha value is -1.10. The van der Waals surface area contributed by atoms with Crippen LogP contribution in [-0.2, 0) is 13.0 Å². The van der Waals surface area contributed by atoms with E-state index in [2.05, 4.69) is 23.5 Å². The topological polar surface area (TPSA) is 73.3 Å². The van der Waals surface area contributed by atoms with Gasteiger partial charge in [0, 0.05) is 25.7 Å². The van der Waals surface area contributed by atoms with Crippen molar-refractivity contribution in [1.29, 1.82) is 0 Å². The van der Waals surface area contributed by atoms with Crippen molar-refractivity contribution in [2.24, 2.45) is 11.5 Å². The molecule has 0 amide bonds. The van der Waals surface area contributed by atoms with E-state index < -0.39 is 0 Å². The summed E-state index contributed by atoms with van der Waals surface area (Å²) in [5.41, 5.74) is 13.8. The van der Waals surface area contributed by atoms with Gasteiger partial charge in [0.05, 0.1) is 6.61 Å². The van der Waals surface area contributed by atoms with Crippen molar-refractivity contribution in [2.45, 2.75) is 25.4 Å². The van der Waals surface area contributed by atoms with Crippen molar-refractivity contribution in [1.82, 2.24) is 5.32 Å². The quantitative estimate of drug-likeness (QED) is 0.690. The summed E-state index contributed by atoms with van der Waals surface area (Å²) in [6.07, 6.45) is 2.23. The highest BCUT2D eigenvalue weighted by Gasteiger charge is 2.10. The third-order valence-corrected chi connectivity index (χ3v) is 3.01. The molecule has 5 N–H and O–H groups in total. The number of hydrogen-bond acceptors (Lipinski definition) is 4. The highest BCUT2D eigenvalue weighted by atomic mass is 16.5. The fourth-order valence-electron chi connectivity index (χ4n) is 2.01. The minimum atomic E-state index is 0.0379. The molecule has 1 aliphatic rings. The van der Waals surface area contributed by atoms with Crippen molar-refractivity contribution in [3.05, 3.63) is 29.3 Å². The van der Waals surface area contributed by atoms with Crippen molar-refractivity contribution in [3.63, 3.8) is 0 Å². The molecule has 1 aromatic rings. The first-order chi connectivity index (χ1) is 8.29. The Balaban J connectivity index is 1.89. The largest absolute Gasteiger partial charge is 0.493 e. The van der Waals surface area contributed by atoms with Crippen LogP contribution in [0.5, 0.6) is 5.75 Å². The fraction of sp³-hybridized carbons (Fsp3) is 0.538. The molecule has 4 heteroatoms.